The van der Waals surface area contributed by atoms with Gasteiger partial charge < -0.3 is 5.11 Å². The van der Waals surface area contributed by atoms with E-state index >= 15 is 0 Å². The Morgan fingerprint density at radius 3 is 2.13 bits per heavy atom. The van der Waals surface area contributed by atoms with Crippen molar-refractivity contribution in [3.8, 4) is 0 Å². The van der Waals surface area contributed by atoms with Gasteiger partial charge in [0, 0.05) is 0 Å². The van der Waals surface area contributed by atoms with Crippen LogP contribution >= 0.6 is 0 Å². The molecule has 0 aliphatic rings. The summed E-state index contributed by atoms with van der Waals surface area (Å²) in [5, 5.41) is 11.8. The van der Waals surface area contributed by atoms with Gasteiger partial charge in [-0.05, 0) is 24.3 Å². The lowest BCUT2D eigenvalue weighted by molar-refractivity contribution is 0.128. The molecule has 0 unspecified atom stereocenters. The first kappa shape index (κ1) is 17.7. The van der Waals surface area contributed by atoms with Gasteiger partial charge >= 0.3 is 0 Å². The molecule has 2 atom stereocenters. The molecule has 122 valence electrons. The summed E-state index contributed by atoms with van der Waals surface area (Å²) in [5.74, 6) is 0.189. The van der Waals surface area contributed by atoms with E-state index in [0.29, 0.717) is 0 Å². The van der Waals surface area contributed by atoms with E-state index in [2.05, 4.69) is 86.4 Å². The standard InChI is InChI=1S/C21H28OSi/c1-18(21(22)15-14-19-10-6-4-7-11-19)16-17-23(2,3)20-12-8-5-9-13-20/h4-13,16-18,21-22H,14-15H2,1-3H3/b17-16+/t18-,21+/m0/s1. The molecular formula is C21H28OSi. The number of benzene rings is 2. The Morgan fingerprint density at radius 2 is 1.52 bits per heavy atom. The first-order valence-corrected chi connectivity index (χ1v) is 11.5. The van der Waals surface area contributed by atoms with Gasteiger partial charge in [-0.3, -0.25) is 0 Å². The predicted molar refractivity (Wildman–Crippen MR) is 103 cm³/mol. The summed E-state index contributed by atoms with van der Waals surface area (Å²) in [6.07, 6.45) is 3.67. The Labute approximate surface area is 141 Å². The molecule has 2 rings (SSSR count). The molecule has 2 aromatic rings. The summed E-state index contributed by atoms with van der Waals surface area (Å²) >= 11 is 0. The monoisotopic (exact) mass is 324 g/mol. The first-order chi connectivity index (χ1) is 11.0. The van der Waals surface area contributed by atoms with E-state index < -0.39 is 8.07 Å². The first-order valence-electron chi connectivity index (χ1n) is 8.46. The molecule has 1 nitrogen and oxygen atoms in total. The highest BCUT2D eigenvalue weighted by Gasteiger charge is 2.20. The van der Waals surface area contributed by atoms with Crippen LogP contribution in [0.15, 0.2) is 72.4 Å². The van der Waals surface area contributed by atoms with Crippen molar-refractivity contribution < 1.29 is 5.11 Å². The average molecular weight is 325 g/mol. The lowest BCUT2D eigenvalue weighted by Crippen LogP contribution is -2.39. The van der Waals surface area contributed by atoms with Crippen LogP contribution < -0.4 is 5.19 Å². The van der Waals surface area contributed by atoms with E-state index in [-0.39, 0.29) is 12.0 Å². The Bertz CT molecular complexity index is 604. The number of hydrogen-bond acceptors (Lipinski definition) is 1. The van der Waals surface area contributed by atoms with Crippen molar-refractivity contribution in [3.63, 3.8) is 0 Å². The Balaban J connectivity index is 1.91. The summed E-state index contributed by atoms with van der Waals surface area (Å²) < 4.78 is 0. The van der Waals surface area contributed by atoms with Crippen molar-refractivity contribution in [3.05, 3.63) is 78.0 Å². The van der Waals surface area contributed by atoms with Crippen molar-refractivity contribution >= 4 is 13.3 Å². The summed E-state index contributed by atoms with van der Waals surface area (Å²) in [7, 11) is -1.57. The summed E-state index contributed by atoms with van der Waals surface area (Å²) in [4.78, 5) is 0. The normalized spacial score (nSPS) is 14.8. The average Bonchev–Trinajstić information content (AvgIpc) is 2.59. The van der Waals surface area contributed by atoms with Gasteiger partial charge in [0.25, 0.3) is 0 Å². The fraction of sp³-hybridized carbons (Fsp3) is 0.333. The van der Waals surface area contributed by atoms with Gasteiger partial charge in [-0.15, -0.1) is 0 Å². The largest absolute Gasteiger partial charge is 0.393 e. The van der Waals surface area contributed by atoms with Crippen molar-refractivity contribution in [2.45, 2.75) is 39.0 Å². The molecule has 0 radical (unpaired) electrons. The molecule has 0 bridgehead atoms. The van der Waals surface area contributed by atoms with E-state index in [9.17, 15) is 5.11 Å². The number of aliphatic hydroxyl groups excluding tert-OH is 1. The number of hydrogen-bond donors (Lipinski definition) is 1. The van der Waals surface area contributed by atoms with Gasteiger partial charge in [0.15, 0.2) is 0 Å². The Morgan fingerprint density at radius 1 is 0.957 bits per heavy atom. The molecule has 0 amide bonds. The van der Waals surface area contributed by atoms with Gasteiger partial charge in [-0.25, -0.2) is 0 Å². The molecule has 0 fully saturated rings. The van der Waals surface area contributed by atoms with Crippen LogP contribution in [0.4, 0.5) is 0 Å². The van der Waals surface area contributed by atoms with Gasteiger partial charge in [-0.2, -0.15) is 0 Å². The topological polar surface area (TPSA) is 20.2 Å². The molecule has 0 saturated heterocycles. The molecule has 0 spiro atoms. The number of rotatable bonds is 7. The summed E-state index contributed by atoms with van der Waals surface area (Å²) in [6, 6.07) is 21.1. The van der Waals surface area contributed by atoms with Crippen LogP contribution in [-0.4, -0.2) is 19.3 Å². The lowest BCUT2D eigenvalue weighted by Gasteiger charge is -2.21. The third kappa shape index (κ3) is 5.49. The van der Waals surface area contributed by atoms with E-state index in [1.165, 1.54) is 10.8 Å². The van der Waals surface area contributed by atoms with Crippen LogP contribution in [0.2, 0.25) is 13.1 Å². The smallest absolute Gasteiger partial charge is 0.103 e. The van der Waals surface area contributed by atoms with Crippen LogP contribution in [0.1, 0.15) is 18.9 Å². The third-order valence-corrected chi connectivity index (χ3v) is 7.36. The van der Waals surface area contributed by atoms with Crippen LogP contribution in [0.3, 0.4) is 0 Å². The minimum absolute atomic E-state index is 0.189. The molecule has 0 aliphatic heterocycles. The highest BCUT2D eigenvalue weighted by atomic mass is 28.3. The van der Waals surface area contributed by atoms with Crippen LogP contribution in [-0.2, 0) is 6.42 Å². The maximum Gasteiger partial charge on any atom is 0.103 e. The van der Waals surface area contributed by atoms with E-state index in [4.69, 9.17) is 0 Å². The van der Waals surface area contributed by atoms with E-state index in [1.807, 2.05) is 6.07 Å². The second-order valence-corrected chi connectivity index (χ2v) is 11.3. The van der Waals surface area contributed by atoms with Gasteiger partial charge in [0.05, 0.1) is 6.10 Å². The van der Waals surface area contributed by atoms with E-state index in [0.717, 1.165) is 12.8 Å². The maximum atomic E-state index is 10.4. The zero-order valence-corrected chi connectivity index (χ0v) is 15.4. The molecule has 1 N–H and O–H groups in total. The third-order valence-electron chi connectivity index (χ3n) is 4.51. The molecule has 0 aliphatic carbocycles. The quantitative estimate of drug-likeness (QED) is 0.752. The second kappa shape index (κ2) is 8.28. The fourth-order valence-electron chi connectivity index (χ4n) is 2.71. The molecule has 23 heavy (non-hydrogen) atoms. The van der Waals surface area contributed by atoms with E-state index in [1.54, 1.807) is 0 Å². The van der Waals surface area contributed by atoms with Gasteiger partial charge in [0.1, 0.15) is 8.07 Å². The zero-order valence-electron chi connectivity index (χ0n) is 14.4. The Kier molecular flexibility index (Phi) is 6.37. The van der Waals surface area contributed by atoms with Crippen molar-refractivity contribution in [2.24, 2.45) is 5.92 Å². The lowest BCUT2D eigenvalue weighted by atomic mass is 9.98. The number of aryl methyl sites for hydroxylation is 1. The highest BCUT2D eigenvalue weighted by molar-refractivity contribution is 6.93. The predicted octanol–water partition coefficient (Wildman–Crippen LogP) is 4.33. The second-order valence-electron chi connectivity index (χ2n) is 6.90. The zero-order chi connectivity index (χ0) is 16.7. The van der Waals surface area contributed by atoms with Crippen molar-refractivity contribution in [1.82, 2.24) is 0 Å². The highest BCUT2D eigenvalue weighted by Crippen LogP contribution is 2.15. The molecule has 2 aromatic carbocycles. The van der Waals surface area contributed by atoms with Crippen molar-refractivity contribution in [1.29, 1.82) is 0 Å². The SMILES string of the molecule is C[C@@H](/C=C/[Si](C)(C)c1ccccc1)[C@H](O)CCc1ccccc1. The van der Waals surface area contributed by atoms with Crippen LogP contribution in [0.5, 0.6) is 0 Å². The Hall–Kier alpha value is -1.64. The molecule has 0 aromatic heterocycles. The van der Waals surface area contributed by atoms with Crippen LogP contribution in [0, 0.1) is 5.92 Å². The number of aliphatic hydroxyl groups is 1. The fourth-order valence-corrected chi connectivity index (χ4v) is 4.74. The van der Waals surface area contributed by atoms with Gasteiger partial charge in [0.2, 0.25) is 0 Å². The molecule has 0 heterocycles. The van der Waals surface area contributed by atoms with Gasteiger partial charge in [-0.1, -0.05) is 97.6 Å². The molecule has 0 saturated carbocycles. The summed E-state index contributed by atoms with van der Waals surface area (Å²) in [5.41, 5.74) is 3.65. The van der Waals surface area contributed by atoms with Crippen molar-refractivity contribution in [2.75, 3.05) is 0 Å². The minimum atomic E-state index is -1.57. The maximum absolute atomic E-state index is 10.4. The molecular weight excluding hydrogens is 296 g/mol. The minimum Gasteiger partial charge on any atom is -0.393 e. The summed E-state index contributed by atoms with van der Waals surface area (Å²) in [6.45, 7) is 6.81. The van der Waals surface area contributed by atoms with Crippen LogP contribution in [0.25, 0.3) is 0 Å². The molecule has 2 heteroatoms.